The van der Waals surface area contributed by atoms with Crippen molar-refractivity contribution < 1.29 is 0 Å². The Morgan fingerprint density at radius 2 is 2.27 bits per heavy atom. The molecule has 0 radical (unpaired) electrons. The minimum atomic E-state index is 1.00. The highest BCUT2D eigenvalue weighted by Gasteiger charge is 2.12. The molecule has 0 aromatic heterocycles. The summed E-state index contributed by atoms with van der Waals surface area (Å²) in [5, 5.41) is 3.34. The maximum absolute atomic E-state index is 4.34. The lowest BCUT2D eigenvalue weighted by Gasteiger charge is -1.96. The number of thiol groups is 1. The highest BCUT2D eigenvalue weighted by Crippen LogP contribution is 2.24. The second-order valence-corrected chi connectivity index (χ2v) is 3.35. The number of hydrogen-bond donors (Lipinski definition) is 2. The van der Waals surface area contributed by atoms with Crippen molar-refractivity contribution in [1.82, 2.24) is 5.32 Å². The van der Waals surface area contributed by atoms with Crippen LogP contribution in [0.1, 0.15) is 12.8 Å². The molecule has 0 aromatic rings. The van der Waals surface area contributed by atoms with Crippen LogP contribution >= 0.6 is 12.6 Å². The van der Waals surface area contributed by atoms with Gasteiger partial charge in [0.1, 0.15) is 0 Å². The van der Waals surface area contributed by atoms with Gasteiger partial charge in [-0.2, -0.15) is 0 Å². The van der Waals surface area contributed by atoms with E-state index in [0.29, 0.717) is 0 Å². The molecule has 2 rings (SSSR count). The number of hydrogen-bond acceptors (Lipinski definition) is 2. The molecule has 1 saturated heterocycles. The maximum Gasteiger partial charge on any atom is 0.0336 e. The van der Waals surface area contributed by atoms with E-state index in [2.05, 4.69) is 36.2 Å². The van der Waals surface area contributed by atoms with E-state index in [1.807, 2.05) is 0 Å². The molecule has 0 spiro atoms. The standard InChI is InChI=1S/C9H11NS/c11-8-2-1-3-9-7(6-8)4-5-10-9/h2-3,6,10-11H,1,4-5H2. The molecule has 1 nitrogen and oxygen atoms in total. The Hall–Kier alpha value is -0.630. The summed E-state index contributed by atoms with van der Waals surface area (Å²) in [5.41, 5.74) is 2.72. The molecule has 0 bridgehead atoms. The quantitative estimate of drug-likeness (QED) is 0.523. The first kappa shape index (κ1) is 7.04. The minimum Gasteiger partial charge on any atom is -0.385 e. The number of allylic oxidation sites excluding steroid dienone is 4. The van der Waals surface area contributed by atoms with Crippen molar-refractivity contribution in [3.63, 3.8) is 0 Å². The average molecular weight is 165 g/mol. The van der Waals surface area contributed by atoms with Crippen LogP contribution in [-0.2, 0) is 0 Å². The van der Waals surface area contributed by atoms with E-state index in [4.69, 9.17) is 0 Å². The number of nitrogens with one attached hydrogen (secondary N) is 1. The van der Waals surface area contributed by atoms with Gasteiger partial charge in [0, 0.05) is 17.1 Å². The summed E-state index contributed by atoms with van der Waals surface area (Å²) in [7, 11) is 0. The van der Waals surface area contributed by atoms with Gasteiger partial charge in [0.15, 0.2) is 0 Å². The van der Waals surface area contributed by atoms with Crippen molar-refractivity contribution in [2.75, 3.05) is 6.54 Å². The van der Waals surface area contributed by atoms with Gasteiger partial charge < -0.3 is 5.32 Å². The predicted octanol–water partition coefficient (Wildman–Crippen LogP) is 2.01. The SMILES string of the molecule is SC1=CCC=C2NCCC2=C1. The summed E-state index contributed by atoms with van der Waals surface area (Å²) >= 11 is 4.34. The van der Waals surface area contributed by atoms with Crippen LogP contribution in [0.15, 0.2) is 34.4 Å². The van der Waals surface area contributed by atoms with Crippen LogP contribution < -0.4 is 5.32 Å². The van der Waals surface area contributed by atoms with E-state index < -0.39 is 0 Å². The molecule has 1 aliphatic carbocycles. The Labute approximate surface area is 72.3 Å². The Balaban J connectivity index is 2.35. The summed E-state index contributed by atoms with van der Waals surface area (Å²) in [5.74, 6) is 0. The molecule has 0 atom stereocenters. The Kier molecular flexibility index (Phi) is 1.78. The molecule has 0 unspecified atom stereocenters. The normalized spacial score (nSPS) is 22.5. The van der Waals surface area contributed by atoms with Crippen molar-refractivity contribution in [3.8, 4) is 0 Å². The fourth-order valence-electron chi connectivity index (χ4n) is 1.47. The molecule has 1 heterocycles. The van der Waals surface area contributed by atoms with E-state index in [1.165, 1.54) is 11.3 Å². The molecule has 1 fully saturated rings. The third-order valence-corrected chi connectivity index (χ3v) is 2.34. The molecule has 0 amide bonds. The lowest BCUT2D eigenvalue weighted by atomic mass is 10.2. The zero-order chi connectivity index (χ0) is 7.68. The summed E-state index contributed by atoms with van der Waals surface area (Å²) in [6, 6.07) is 0. The van der Waals surface area contributed by atoms with Gasteiger partial charge in [-0.05, 0) is 24.5 Å². The van der Waals surface area contributed by atoms with E-state index in [0.717, 1.165) is 24.3 Å². The highest BCUT2D eigenvalue weighted by atomic mass is 32.1. The Bertz CT molecular complexity index is 261. The van der Waals surface area contributed by atoms with Crippen LogP contribution in [0.3, 0.4) is 0 Å². The first-order chi connectivity index (χ1) is 5.36. The summed E-state index contributed by atoms with van der Waals surface area (Å²) < 4.78 is 0. The molecule has 2 heteroatoms. The van der Waals surface area contributed by atoms with Crippen LogP contribution in [0.5, 0.6) is 0 Å². The van der Waals surface area contributed by atoms with Gasteiger partial charge in [-0.15, -0.1) is 12.6 Å². The molecule has 1 N–H and O–H groups in total. The number of rotatable bonds is 0. The molecule has 0 aromatic carbocycles. The lowest BCUT2D eigenvalue weighted by molar-refractivity contribution is 0.911. The Morgan fingerprint density at radius 1 is 1.36 bits per heavy atom. The van der Waals surface area contributed by atoms with Crippen LogP contribution in [0.2, 0.25) is 0 Å². The van der Waals surface area contributed by atoms with Gasteiger partial charge in [-0.3, -0.25) is 0 Å². The topological polar surface area (TPSA) is 12.0 Å². The van der Waals surface area contributed by atoms with Gasteiger partial charge in [0.2, 0.25) is 0 Å². The van der Waals surface area contributed by atoms with E-state index in [1.54, 1.807) is 0 Å². The average Bonchev–Trinajstić information content (AvgIpc) is 2.31. The zero-order valence-corrected chi connectivity index (χ0v) is 7.20. The summed E-state index contributed by atoms with van der Waals surface area (Å²) in [6.45, 7) is 1.08. The molecule has 0 saturated carbocycles. The first-order valence-electron chi connectivity index (χ1n) is 3.90. The second kappa shape index (κ2) is 2.78. The zero-order valence-electron chi connectivity index (χ0n) is 6.30. The maximum atomic E-state index is 4.34. The van der Waals surface area contributed by atoms with Gasteiger partial charge in [-0.1, -0.05) is 12.2 Å². The predicted molar refractivity (Wildman–Crippen MR) is 50.5 cm³/mol. The van der Waals surface area contributed by atoms with Crippen molar-refractivity contribution in [2.45, 2.75) is 12.8 Å². The van der Waals surface area contributed by atoms with Crippen molar-refractivity contribution >= 4 is 12.6 Å². The monoisotopic (exact) mass is 165 g/mol. The van der Waals surface area contributed by atoms with Gasteiger partial charge in [0.25, 0.3) is 0 Å². The summed E-state index contributed by atoms with van der Waals surface area (Å²) in [6.07, 6.45) is 8.65. The molecule has 11 heavy (non-hydrogen) atoms. The highest BCUT2D eigenvalue weighted by molar-refractivity contribution is 7.84. The Morgan fingerprint density at radius 3 is 3.18 bits per heavy atom. The molecule has 2 aliphatic rings. The molecule has 1 aliphatic heterocycles. The van der Waals surface area contributed by atoms with Gasteiger partial charge >= 0.3 is 0 Å². The van der Waals surface area contributed by atoms with Crippen LogP contribution in [0.4, 0.5) is 0 Å². The smallest absolute Gasteiger partial charge is 0.0336 e. The van der Waals surface area contributed by atoms with E-state index >= 15 is 0 Å². The first-order valence-corrected chi connectivity index (χ1v) is 4.35. The fraction of sp³-hybridized carbons (Fsp3) is 0.333. The second-order valence-electron chi connectivity index (χ2n) is 2.83. The van der Waals surface area contributed by atoms with E-state index in [9.17, 15) is 0 Å². The van der Waals surface area contributed by atoms with E-state index in [-0.39, 0.29) is 0 Å². The van der Waals surface area contributed by atoms with Crippen LogP contribution in [0, 0.1) is 0 Å². The largest absolute Gasteiger partial charge is 0.385 e. The minimum absolute atomic E-state index is 1.00. The molecule has 58 valence electrons. The summed E-state index contributed by atoms with van der Waals surface area (Å²) in [4.78, 5) is 1.09. The fourth-order valence-corrected chi connectivity index (χ4v) is 1.73. The lowest BCUT2D eigenvalue weighted by Crippen LogP contribution is -2.03. The molecular weight excluding hydrogens is 154 g/mol. The third-order valence-electron chi connectivity index (χ3n) is 2.03. The van der Waals surface area contributed by atoms with Gasteiger partial charge in [0.05, 0.1) is 0 Å². The van der Waals surface area contributed by atoms with Crippen LogP contribution in [-0.4, -0.2) is 6.54 Å². The number of fused-ring (bicyclic) bond motifs is 1. The van der Waals surface area contributed by atoms with Crippen molar-refractivity contribution in [1.29, 1.82) is 0 Å². The van der Waals surface area contributed by atoms with Crippen molar-refractivity contribution in [2.24, 2.45) is 0 Å². The molecular formula is C9H11NS. The van der Waals surface area contributed by atoms with Crippen molar-refractivity contribution in [3.05, 3.63) is 34.4 Å². The third kappa shape index (κ3) is 1.36. The van der Waals surface area contributed by atoms with Gasteiger partial charge in [-0.25, -0.2) is 0 Å². The van der Waals surface area contributed by atoms with Crippen LogP contribution in [0.25, 0.3) is 0 Å².